The van der Waals surface area contributed by atoms with Crippen molar-refractivity contribution in [1.29, 1.82) is 0 Å². The van der Waals surface area contributed by atoms with Crippen LogP contribution < -0.4 is 0 Å². The second-order valence-electron chi connectivity index (χ2n) is 7.50. The molecule has 1 aliphatic carbocycles. The first-order chi connectivity index (χ1) is 10.5. The van der Waals surface area contributed by atoms with Crippen LogP contribution in [0.1, 0.15) is 46.5 Å². The van der Waals surface area contributed by atoms with Gasteiger partial charge in [0.05, 0.1) is 0 Å². The van der Waals surface area contributed by atoms with Crippen LogP contribution in [0, 0.1) is 23.7 Å². The number of rotatable bonds is 1. The van der Waals surface area contributed by atoms with Crippen LogP contribution in [0.5, 0.6) is 0 Å². The fourth-order valence-corrected chi connectivity index (χ4v) is 5.07. The minimum Gasteiger partial charge on any atom is -0.340 e. The maximum absolute atomic E-state index is 8.82. The Morgan fingerprint density at radius 1 is 1.14 bits per heavy atom. The van der Waals surface area contributed by atoms with Gasteiger partial charge < -0.3 is 9.47 Å². The predicted molar refractivity (Wildman–Crippen MR) is 76.0 cm³/mol. The van der Waals surface area contributed by atoms with Gasteiger partial charge >= 0.3 is 0 Å². The van der Waals surface area contributed by atoms with Gasteiger partial charge in [-0.15, -0.1) is 0 Å². The molecule has 22 heavy (non-hydrogen) atoms. The Balaban J connectivity index is 1.80. The summed E-state index contributed by atoms with van der Waals surface area (Å²) in [5.41, 5.74) is 8.24. The van der Waals surface area contributed by atoms with Crippen molar-refractivity contribution in [3.63, 3.8) is 0 Å². The highest BCUT2D eigenvalue weighted by molar-refractivity contribution is 5.09. The molecule has 0 aromatic rings. The number of nitrogens with zero attached hydrogens (tertiary/aromatic N) is 3. The van der Waals surface area contributed by atoms with Gasteiger partial charge in [-0.2, -0.15) is 0 Å². The van der Waals surface area contributed by atoms with Crippen LogP contribution >= 0.6 is 0 Å². The number of azide groups is 1. The summed E-state index contributed by atoms with van der Waals surface area (Å²) in [7, 11) is 0. The average Bonchev–Trinajstić information content (AvgIpc) is 2.71. The smallest absolute Gasteiger partial charge is 0.201 e. The predicted octanol–water partition coefficient (Wildman–Crippen LogP) is 3.50. The van der Waals surface area contributed by atoms with E-state index in [9.17, 15) is 0 Å². The SMILES string of the molecule is C[C@@H]1CC[C@H]2[C@H](C)C(N=[N+]=[N-])O[C@@H]3O[C@@]4(C)CC[C@@H]1[C@]32OO4. The van der Waals surface area contributed by atoms with E-state index < -0.39 is 23.9 Å². The Bertz CT molecular complexity index is 525. The first kappa shape index (κ1) is 14.7. The lowest BCUT2D eigenvalue weighted by Gasteiger charge is -2.60. The second-order valence-corrected chi connectivity index (χ2v) is 7.50. The Morgan fingerprint density at radius 2 is 1.95 bits per heavy atom. The van der Waals surface area contributed by atoms with Gasteiger partial charge in [-0.3, -0.25) is 0 Å². The number of fused-ring (bicyclic) bond motifs is 2. The summed E-state index contributed by atoms with van der Waals surface area (Å²) >= 11 is 0. The first-order valence-electron chi connectivity index (χ1n) is 8.24. The average molecular weight is 309 g/mol. The van der Waals surface area contributed by atoms with Crippen LogP contribution in [-0.2, 0) is 19.2 Å². The summed E-state index contributed by atoms with van der Waals surface area (Å²) in [6.45, 7) is 6.24. The lowest BCUT2D eigenvalue weighted by molar-refractivity contribution is -0.570. The van der Waals surface area contributed by atoms with Crippen molar-refractivity contribution in [2.45, 2.75) is 70.4 Å². The van der Waals surface area contributed by atoms with E-state index in [0.717, 1.165) is 25.7 Å². The van der Waals surface area contributed by atoms with Crippen molar-refractivity contribution in [2.24, 2.45) is 28.8 Å². The molecule has 4 aliphatic heterocycles. The molecule has 5 rings (SSSR count). The fourth-order valence-electron chi connectivity index (χ4n) is 5.07. The van der Waals surface area contributed by atoms with E-state index in [1.165, 1.54) is 0 Å². The zero-order valence-corrected chi connectivity index (χ0v) is 13.3. The normalized spacial score (nSPS) is 56.7. The molecular weight excluding hydrogens is 286 g/mol. The van der Waals surface area contributed by atoms with Crippen molar-refractivity contribution in [2.75, 3.05) is 0 Å². The Kier molecular flexibility index (Phi) is 3.23. The van der Waals surface area contributed by atoms with E-state index in [1.54, 1.807) is 0 Å². The third kappa shape index (κ3) is 1.80. The summed E-state index contributed by atoms with van der Waals surface area (Å²) < 4.78 is 12.2. The highest BCUT2D eigenvalue weighted by Crippen LogP contribution is 2.60. The van der Waals surface area contributed by atoms with Crippen LogP contribution in [0.2, 0.25) is 0 Å². The first-order valence-corrected chi connectivity index (χ1v) is 8.24. The summed E-state index contributed by atoms with van der Waals surface area (Å²) in [5, 5.41) is 3.84. The lowest BCUT2D eigenvalue weighted by Crippen LogP contribution is -2.70. The van der Waals surface area contributed by atoms with Gasteiger partial charge in [-0.1, -0.05) is 19.0 Å². The van der Waals surface area contributed by atoms with Crippen molar-refractivity contribution < 1.29 is 19.2 Å². The molecule has 7 nitrogen and oxygen atoms in total. The molecule has 0 aromatic carbocycles. The largest absolute Gasteiger partial charge is 0.340 e. The standard InChI is InChI=1S/C15H23N3O4/c1-8-4-5-11-9(2)12(17-18-16)19-13-15(11)10(8)6-7-14(3,20-13)21-22-15/h8-13H,4-7H2,1-3H3/t8-,9+,10+,11+,12?,13-,14-,15-/m1/s1. The monoisotopic (exact) mass is 309 g/mol. The maximum Gasteiger partial charge on any atom is 0.201 e. The number of ether oxygens (including phenoxy) is 2. The number of hydrogen-bond acceptors (Lipinski definition) is 5. The quantitative estimate of drug-likeness (QED) is 0.321. The zero-order valence-electron chi connectivity index (χ0n) is 13.3. The van der Waals surface area contributed by atoms with Gasteiger partial charge in [0.1, 0.15) is 6.23 Å². The topological polar surface area (TPSA) is 85.7 Å². The molecule has 4 heterocycles. The molecule has 4 saturated heterocycles. The van der Waals surface area contributed by atoms with E-state index in [1.807, 2.05) is 6.92 Å². The van der Waals surface area contributed by atoms with Gasteiger partial charge in [-0.05, 0) is 49.5 Å². The molecule has 0 amide bonds. The molecule has 1 unspecified atom stereocenters. The van der Waals surface area contributed by atoms with Gasteiger partial charge in [0.2, 0.25) is 5.79 Å². The molecule has 1 saturated carbocycles. The number of hydrogen-bond donors (Lipinski definition) is 0. The molecule has 0 radical (unpaired) electrons. The van der Waals surface area contributed by atoms with E-state index in [4.69, 9.17) is 24.8 Å². The second kappa shape index (κ2) is 4.82. The molecule has 1 spiro atoms. The van der Waals surface area contributed by atoms with E-state index >= 15 is 0 Å². The summed E-state index contributed by atoms with van der Waals surface area (Å²) in [6, 6.07) is 0. The van der Waals surface area contributed by atoms with Crippen molar-refractivity contribution >= 4 is 0 Å². The van der Waals surface area contributed by atoms with Crippen LogP contribution in [-0.4, -0.2) is 23.9 Å². The van der Waals surface area contributed by atoms with Crippen LogP contribution in [0.25, 0.3) is 10.4 Å². The minimum atomic E-state index is -0.779. The molecule has 5 fully saturated rings. The van der Waals surface area contributed by atoms with Crippen molar-refractivity contribution in [1.82, 2.24) is 0 Å². The van der Waals surface area contributed by atoms with Crippen molar-refractivity contribution in [3.8, 4) is 0 Å². The van der Waals surface area contributed by atoms with Gasteiger partial charge in [0.25, 0.3) is 0 Å². The Labute approximate surface area is 129 Å². The summed E-state index contributed by atoms with van der Waals surface area (Å²) in [6.07, 6.45) is 2.92. The highest BCUT2D eigenvalue weighted by Gasteiger charge is 2.69. The molecule has 2 bridgehead atoms. The molecule has 0 N–H and O–H groups in total. The minimum absolute atomic E-state index is 0.0804. The lowest BCUT2D eigenvalue weighted by atomic mass is 9.58. The molecule has 122 valence electrons. The molecule has 7 heteroatoms. The third-order valence-electron chi connectivity index (χ3n) is 6.29. The van der Waals surface area contributed by atoms with Crippen LogP contribution in [0.3, 0.4) is 0 Å². The Hall–Kier alpha value is -0.850. The summed E-state index contributed by atoms with van der Waals surface area (Å²) in [4.78, 5) is 14.7. The fraction of sp³-hybridized carbons (Fsp3) is 1.00. The van der Waals surface area contributed by atoms with Gasteiger partial charge in [0.15, 0.2) is 11.9 Å². The summed E-state index contributed by atoms with van der Waals surface area (Å²) in [5.74, 6) is 0.398. The molecular formula is C15H23N3O4. The Morgan fingerprint density at radius 3 is 2.73 bits per heavy atom. The molecule has 0 aromatic heterocycles. The van der Waals surface area contributed by atoms with Crippen molar-refractivity contribution in [3.05, 3.63) is 10.4 Å². The van der Waals surface area contributed by atoms with E-state index in [0.29, 0.717) is 11.8 Å². The third-order valence-corrected chi connectivity index (χ3v) is 6.29. The van der Waals surface area contributed by atoms with Crippen LogP contribution in [0.15, 0.2) is 5.11 Å². The van der Waals surface area contributed by atoms with Gasteiger partial charge in [-0.25, -0.2) is 9.78 Å². The van der Waals surface area contributed by atoms with Gasteiger partial charge in [0, 0.05) is 17.3 Å². The molecule has 8 atom stereocenters. The highest BCUT2D eigenvalue weighted by atomic mass is 17.3. The molecule has 5 aliphatic rings. The van der Waals surface area contributed by atoms with E-state index in [2.05, 4.69) is 23.9 Å². The van der Waals surface area contributed by atoms with Crippen LogP contribution in [0.4, 0.5) is 0 Å². The zero-order chi connectivity index (χ0) is 15.5. The maximum atomic E-state index is 8.82. The van der Waals surface area contributed by atoms with E-state index in [-0.39, 0.29) is 11.8 Å².